The molecule has 6 nitrogen and oxygen atoms in total. The van der Waals surface area contributed by atoms with E-state index >= 15 is 0 Å². The minimum atomic E-state index is -3.64. The van der Waals surface area contributed by atoms with Crippen molar-refractivity contribution >= 4 is 21.6 Å². The third-order valence-electron chi connectivity index (χ3n) is 4.92. The highest BCUT2D eigenvalue weighted by atomic mass is 32.2. The maximum Gasteiger partial charge on any atom is 0.244 e. The molecule has 29 heavy (non-hydrogen) atoms. The van der Waals surface area contributed by atoms with Crippen molar-refractivity contribution in [2.24, 2.45) is 0 Å². The number of anilines is 1. The SMILES string of the molecule is CC[C@H](NC(=O)[C@H](C)N(c1ccc(C)cc1)S(C)(=O)=O)c1ccc(OC)c(C)c1. The summed E-state index contributed by atoms with van der Waals surface area (Å²) in [6.07, 6.45) is 1.79. The number of nitrogens with one attached hydrogen (secondary N) is 1. The highest BCUT2D eigenvalue weighted by molar-refractivity contribution is 7.92. The van der Waals surface area contributed by atoms with Gasteiger partial charge >= 0.3 is 0 Å². The van der Waals surface area contributed by atoms with E-state index in [9.17, 15) is 13.2 Å². The van der Waals surface area contributed by atoms with Crippen molar-refractivity contribution in [3.8, 4) is 5.75 Å². The Morgan fingerprint density at radius 1 is 1.14 bits per heavy atom. The van der Waals surface area contributed by atoms with Gasteiger partial charge in [0, 0.05) is 0 Å². The molecule has 0 spiro atoms. The summed E-state index contributed by atoms with van der Waals surface area (Å²) in [5.41, 5.74) is 3.41. The lowest BCUT2D eigenvalue weighted by molar-refractivity contribution is -0.122. The van der Waals surface area contributed by atoms with Crippen molar-refractivity contribution < 1.29 is 17.9 Å². The topological polar surface area (TPSA) is 75.7 Å². The van der Waals surface area contributed by atoms with Crippen molar-refractivity contribution in [3.05, 3.63) is 59.2 Å². The van der Waals surface area contributed by atoms with E-state index in [4.69, 9.17) is 4.74 Å². The molecule has 2 atom stereocenters. The van der Waals surface area contributed by atoms with Crippen LogP contribution in [0.15, 0.2) is 42.5 Å². The molecule has 0 unspecified atom stereocenters. The van der Waals surface area contributed by atoms with Crippen molar-refractivity contribution in [2.45, 2.75) is 46.2 Å². The largest absolute Gasteiger partial charge is 0.496 e. The average Bonchev–Trinajstić information content (AvgIpc) is 2.66. The second kappa shape index (κ2) is 9.31. The zero-order chi connectivity index (χ0) is 21.8. The number of methoxy groups -OCH3 is 1. The lowest BCUT2D eigenvalue weighted by Gasteiger charge is -2.30. The number of hydrogen-bond donors (Lipinski definition) is 1. The van der Waals surface area contributed by atoms with Gasteiger partial charge in [0.2, 0.25) is 15.9 Å². The zero-order valence-electron chi connectivity index (χ0n) is 17.9. The average molecular weight is 419 g/mol. The first-order chi connectivity index (χ1) is 13.6. The molecule has 7 heteroatoms. The van der Waals surface area contributed by atoms with Gasteiger partial charge in [-0.25, -0.2) is 8.42 Å². The van der Waals surface area contributed by atoms with Gasteiger partial charge in [-0.05, 0) is 56.5 Å². The summed E-state index contributed by atoms with van der Waals surface area (Å²) in [5, 5.41) is 3.00. The molecule has 0 saturated carbocycles. The Bertz CT molecular complexity index is 955. The van der Waals surface area contributed by atoms with E-state index in [1.54, 1.807) is 26.2 Å². The van der Waals surface area contributed by atoms with Crippen molar-refractivity contribution in [3.63, 3.8) is 0 Å². The second-order valence-corrected chi connectivity index (χ2v) is 9.13. The van der Waals surface area contributed by atoms with Crippen LogP contribution >= 0.6 is 0 Å². The fourth-order valence-corrected chi connectivity index (χ4v) is 4.51. The molecule has 0 aromatic heterocycles. The van der Waals surface area contributed by atoms with Gasteiger partial charge in [0.05, 0.1) is 25.1 Å². The molecule has 0 heterocycles. The first-order valence-corrected chi connectivity index (χ1v) is 11.4. The normalized spacial score (nSPS) is 13.4. The van der Waals surface area contributed by atoms with Crippen molar-refractivity contribution in [1.29, 1.82) is 0 Å². The third kappa shape index (κ3) is 5.50. The molecular formula is C22H30N2O4S. The molecule has 2 rings (SSSR count). The van der Waals surface area contributed by atoms with Crippen LogP contribution in [-0.4, -0.2) is 33.7 Å². The molecule has 0 aliphatic rings. The molecule has 2 aromatic rings. The Morgan fingerprint density at radius 3 is 2.24 bits per heavy atom. The molecule has 0 aliphatic carbocycles. The maximum absolute atomic E-state index is 13.0. The lowest BCUT2D eigenvalue weighted by Crippen LogP contribution is -2.48. The Labute approximate surface area is 173 Å². The Kier molecular flexibility index (Phi) is 7.30. The van der Waals surface area contributed by atoms with E-state index < -0.39 is 16.1 Å². The Morgan fingerprint density at radius 2 is 1.76 bits per heavy atom. The molecule has 158 valence electrons. The fourth-order valence-electron chi connectivity index (χ4n) is 3.33. The molecule has 0 saturated heterocycles. The highest BCUT2D eigenvalue weighted by Gasteiger charge is 2.30. The van der Waals surface area contributed by atoms with E-state index in [1.165, 1.54) is 0 Å². The number of ether oxygens (including phenoxy) is 1. The summed E-state index contributed by atoms with van der Waals surface area (Å²) in [5.74, 6) is 0.433. The summed E-state index contributed by atoms with van der Waals surface area (Å²) in [4.78, 5) is 13.0. The number of amides is 1. The lowest BCUT2D eigenvalue weighted by atomic mass is 10.0. The summed E-state index contributed by atoms with van der Waals surface area (Å²) < 4.78 is 31.3. The van der Waals surface area contributed by atoms with Crippen LogP contribution in [0.4, 0.5) is 5.69 Å². The van der Waals surface area contributed by atoms with Crippen LogP contribution in [0.3, 0.4) is 0 Å². The van der Waals surface area contributed by atoms with Crippen LogP contribution in [-0.2, 0) is 14.8 Å². The number of carbonyl (C=O) groups is 1. The minimum absolute atomic E-state index is 0.228. The van der Waals surface area contributed by atoms with Gasteiger partial charge < -0.3 is 10.1 Å². The van der Waals surface area contributed by atoms with Gasteiger partial charge in [-0.1, -0.05) is 36.8 Å². The van der Waals surface area contributed by atoms with E-state index in [2.05, 4.69) is 5.32 Å². The number of hydrogen-bond acceptors (Lipinski definition) is 4. The van der Waals surface area contributed by atoms with Crippen LogP contribution in [0.2, 0.25) is 0 Å². The third-order valence-corrected chi connectivity index (χ3v) is 6.16. The molecule has 0 aliphatic heterocycles. The van der Waals surface area contributed by atoms with Gasteiger partial charge in [-0.15, -0.1) is 0 Å². The summed E-state index contributed by atoms with van der Waals surface area (Å²) in [7, 11) is -2.02. The smallest absolute Gasteiger partial charge is 0.244 e. The fraction of sp³-hybridized carbons (Fsp3) is 0.409. The van der Waals surface area contributed by atoms with E-state index in [1.807, 2.05) is 51.1 Å². The van der Waals surface area contributed by atoms with E-state index in [0.717, 1.165) is 33.0 Å². The van der Waals surface area contributed by atoms with Crippen LogP contribution in [0, 0.1) is 13.8 Å². The van der Waals surface area contributed by atoms with Crippen LogP contribution in [0.5, 0.6) is 5.75 Å². The summed E-state index contributed by atoms with van der Waals surface area (Å²) in [6.45, 7) is 7.45. The number of sulfonamides is 1. The molecule has 2 aromatic carbocycles. The summed E-state index contributed by atoms with van der Waals surface area (Å²) >= 11 is 0. The standard InChI is InChI=1S/C22H30N2O4S/c1-7-20(18-10-13-21(28-5)16(3)14-18)23-22(25)17(4)24(29(6,26)27)19-11-8-15(2)9-12-19/h8-14,17,20H,7H2,1-6H3,(H,23,25)/t17-,20-/m0/s1. The summed E-state index contributed by atoms with van der Waals surface area (Å²) in [6, 6.07) is 11.7. The molecule has 0 radical (unpaired) electrons. The number of carbonyl (C=O) groups excluding carboxylic acids is 1. The van der Waals surface area contributed by atoms with Crippen LogP contribution < -0.4 is 14.4 Å². The Balaban J connectivity index is 2.28. The van der Waals surface area contributed by atoms with Gasteiger partial charge in [0.25, 0.3) is 0 Å². The highest BCUT2D eigenvalue weighted by Crippen LogP contribution is 2.26. The number of nitrogens with zero attached hydrogens (tertiary/aromatic N) is 1. The van der Waals surface area contributed by atoms with E-state index in [-0.39, 0.29) is 11.9 Å². The molecule has 1 N–H and O–H groups in total. The number of benzene rings is 2. The van der Waals surface area contributed by atoms with Crippen molar-refractivity contribution in [1.82, 2.24) is 5.32 Å². The predicted molar refractivity (Wildman–Crippen MR) is 117 cm³/mol. The van der Waals surface area contributed by atoms with E-state index in [0.29, 0.717) is 12.1 Å². The number of aryl methyl sites for hydroxylation is 2. The molecule has 1 amide bonds. The second-order valence-electron chi connectivity index (χ2n) is 7.27. The van der Waals surface area contributed by atoms with Crippen LogP contribution in [0.25, 0.3) is 0 Å². The first-order valence-electron chi connectivity index (χ1n) is 9.59. The van der Waals surface area contributed by atoms with Crippen LogP contribution in [0.1, 0.15) is 43.0 Å². The van der Waals surface area contributed by atoms with Gasteiger partial charge in [0.15, 0.2) is 0 Å². The number of rotatable bonds is 8. The van der Waals surface area contributed by atoms with Gasteiger partial charge in [0.1, 0.15) is 11.8 Å². The monoisotopic (exact) mass is 418 g/mol. The van der Waals surface area contributed by atoms with Gasteiger partial charge in [-0.3, -0.25) is 9.10 Å². The van der Waals surface area contributed by atoms with Gasteiger partial charge in [-0.2, -0.15) is 0 Å². The quantitative estimate of drug-likeness (QED) is 0.709. The predicted octanol–water partition coefficient (Wildman–Crippen LogP) is 3.73. The molecular weight excluding hydrogens is 388 g/mol. The van der Waals surface area contributed by atoms with Crippen molar-refractivity contribution in [2.75, 3.05) is 17.7 Å². The molecule has 0 bridgehead atoms. The minimum Gasteiger partial charge on any atom is -0.496 e. The first kappa shape index (κ1) is 22.7. The zero-order valence-corrected chi connectivity index (χ0v) is 18.7. The molecule has 0 fully saturated rings. The Hall–Kier alpha value is -2.54. The maximum atomic E-state index is 13.0.